The second kappa shape index (κ2) is 13.7. The summed E-state index contributed by atoms with van der Waals surface area (Å²) in [5.74, 6) is -1.48. The maximum atomic E-state index is 13.9. The number of para-hydroxylation sites is 1. The molecule has 3 N–H and O–H groups in total. The number of carbonyl (C=O) groups is 3. The number of aromatic amines is 1. The van der Waals surface area contributed by atoms with Crippen LogP contribution in [0.5, 0.6) is 5.75 Å². The van der Waals surface area contributed by atoms with Crippen LogP contribution in [0, 0.1) is 13.8 Å². The summed E-state index contributed by atoms with van der Waals surface area (Å²) in [7, 11) is -4.11. The lowest BCUT2D eigenvalue weighted by molar-refractivity contribution is -0.133. The number of esters is 1. The first-order valence-corrected chi connectivity index (χ1v) is 16.0. The number of nitrogens with one attached hydrogen (secondary N) is 3. The van der Waals surface area contributed by atoms with Crippen LogP contribution >= 0.6 is 24.2 Å². The molecule has 1 atom stereocenters. The van der Waals surface area contributed by atoms with Crippen LogP contribution < -0.4 is 15.4 Å². The third kappa shape index (κ3) is 7.41. The molecule has 43 heavy (non-hydrogen) atoms. The Morgan fingerprint density at radius 3 is 2.28 bits per heavy atom. The number of benzene rings is 3. The smallest absolute Gasteiger partial charge is 0.324 e. The van der Waals surface area contributed by atoms with Crippen molar-refractivity contribution in [1.82, 2.24) is 15.6 Å². The van der Waals surface area contributed by atoms with Gasteiger partial charge in [0.15, 0.2) is 0 Å². The van der Waals surface area contributed by atoms with Crippen LogP contribution in [0.4, 0.5) is 0 Å². The van der Waals surface area contributed by atoms with Gasteiger partial charge >= 0.3 is 5.97 Å². The minimum absolute atomic E-state index is 0.0770. The van der Waals surface area contributed by atoms with E-state index >= 15 is 0 Å². The largest absolute Gasteiger partial charge is 0.425 e. The highest BCUT2D eigenvalue weighted by atomic mass is 35.5. The molecular weight excluding hydrogens is 610 g/mol. The standard InChI is InChI=1S/C31H32ClN3O6S2/c1-4-26(42)31(38)41-25-9-6-5-8-22(25)29(36)33-12-7-13-34-30(37)27-28(23-17-20(32)10-11-24(23)35-27)43(39,40)21-15-18(2)14-19(3)16-21/h5-6,8-11,14-17,26,35,42H,4,7,12-13H2,1-3H3,(H,33,36)(H,34,37). The Balaban J connectivity index is 1.46. The summed E-state index contributed by atoms with van der Waals surface area (Å²) in [5.41, 5.74) is 2.09. The van der Waals surface area contributed by atoms with Gasteiger partial charge in [-0.25, -0.2) is 8.42 Å². The predicted molar refractivity (Wildman–Crippen MR) is 169 cm³/mol. The molecule has 0 aliphatic rings. The first kappa shape index (κ1) is 32.1. The Morgan fingerprint density at radius 1 is 0.953 bits per heavy atom. The summed E-state index contributed by atoms with van der Waals surface area (Å²) in [5, 5.41) is 5.52. The molecule has 9 nitrogen and oxygen atoms in total. The van der Waals surface area contributed by atoms with E-state index in [1.165, 1.54) is 12.1 Å². The number of hydrogen-bond donors (Lipinski definition) is 4. The number of aryl methyl sites for hydroxylation is 2. The van der Waals surface area contributed by atoms with Gasteiger partial charge < -0.3 is 20.4 Å². The predicted octanol–water partition coefficient (Wildman–Crippen LogP) is 5.43. The van der Waals surface area contributed by atoms with Gasteiger partial charge in [-0.15, -0.1) is 0 Å². The fraction of sp³-hybridized carbons (Fsp3) is 0.258. The van der Waals surface area contributed by atoms with Crippen LogP contribution in [0.2, 0.25) is 5.02 Å². The Hall–Kier alpha value is -3.80. The molecule has 0 radical (unpaired) electrons. The van der Waals surface area contributed by atoms with Crippen molar-refractivity contribution in [3.05, 3.63) is 88.1 Å². The number of thiol groups is 1. The second-order valence-electron chi connectivity index (χ2n) is 10.1. The Kier molecular flexibility index (Phi) is 10.2. The molecule has 0 saturated heterocycles. The number of sulfone groups is 1. The number of ether oxygens (including phenoxy) is 1. The van der Waals surface area contributed by atoms with Gasteiger partial charge in [0, 0.05) is 29.0 Å². The average molecular weight is 642 g/mol. The minimum Gasteiger partial charge on any atom is -0.425 e. The zero-order chi connectivity index (χ0) is 31.3. The molecule has 12 heteroatoms. The summed E-state index contributed by atoms with van der Waals surface area (Å²) in [4.78, 5) is 41.1. The van der Waals surface area contributed by atoms with Gasteiger partial charge in [0.25, 0.3) is 11.8 Å². The zero-order valence-electron chi connectivity index (χ0n) is 23.9. The molecule has 4 aromatic rings. The van der Waals surface area contributed by atoms with Crippen molar-refractivity contribution in [1.29, 1.82) is 0 Å². The fourth-order valence-corrected chi connectivity index (χ4v) is 6.56. The van der Waals surface area contributed by atoms with E-state index in [2.05, 4.69) is 28.2 Å². The highest BCUT2D eigenvalue weighted by molar-refractivity contribution is 7.91. The summed E-state index contributed by atoms with van der Waals surface area (Å²) < 4.78 is 33.1. The SMILES string of the molecule is CCC(S)C(=O)Oc1ccccc1C(=O)NCCCNC(=O)c1[nH]c2ccc(Cl)cc2c1S(=O)(=O)c1cc(C)cc(C)c1. The first-order chi connectivity index (χ1) is 20.4. The molecule has 0 bridgehead atoms. The van der Waals surface area contributed by atoms with Gasteiger partial charge in [-0.2, -0.15) is 12.6 Å². The molecule has 226 valence electrons. The molecule has 1 aromatic heterocycles. The van der Waals surface area contributed by atoms with Crippen molar-refractivity contribution >= 4 is 62.8 Å². The summed E-state index contributed by atoms with van der Waals surface area (Å²) >= 11 is 10.4. The Labute approximate surface area is 260 Å². The highest BCUT2D eigenvalue weighted by Crippen LogP contribution is 2.34. The Morgan fingerprint density at radius 2 is 1.60 bits per heavy atom. The van der Waals surface area contributed by atoms with E-state index in [0.29, 0.717) is 28.8 Å². The zero-order valence-corrected chi connectivity index (χ0v) is 26.3. The van der Waals surface area contributed by atoms with Crippen molar-refractivity contribution in [3.63, 3.8) is 0 Å². The topological polar surface area (TPSA) is 134 Å². The van der Waals surface area contributed by atoms with Crippen LogP contribution in [0.15, 0.2) is 70.5 Å². The van der Waals surface area contributed by atoms with Gasteiger partial charge in [-0.05, 0) is 80.3 Å². The number of rotatable bonds is 11. The average Bonchev–Trinajstić information content (AvgIpc) is 3.35. The minimum atomic E-state index is -4.11. The van der Waals surface area contributed by atoms with E-state index in [1.54, 1.807) is 63.2 Å². The van der Waals surface area contributed by atoms with Crippen molar-refractivity contribution in [2.75, 3.05) is 13.1 Å². The molecule has 2 amide bonds. The van der Waals surface area contributed by atoms with Gasteiger partial charge in [0.2, 0.25) is 9.84 Å². The van der Waals surface area contributed by atoms with Gasteiger partial charge in [0.1, 0.15) is 16.3 Å². The number of halogens is 1. The lowest BCUT2D eigenvalue weighted by Crippen LogP contribution is -2.31. The summed E-state index contributed by atoms with van der Waals surface area (Å²) in [6.45, 7) is 5.75. The summed E-state index contributed by atoms with van der Waals surface area (Å²) in [6.07, 6.45) is 0.826. The number of carbonyl (C=O) groups excluding carboxylic acids is 3. The van der Waals surface area contributed by atoms with Gasteiger partial charge in [-0.1, -0.05) is 36.7 Å². The molecule has 0 aliphatic heterocycles. The summed E-state index contributed by atoms with van der Waals surface area (Å²) in [6, 6.07) is 16.1. The normalized spacial score (nSPS) is 12.1. The molecule has 4 rings (SSSR count). The molecule has 0 aliphatic carbocycles. The Bertz CT molecular complexity index is 1780. The van der Waals surface area contributed by atoms with Crippen LogP contribution in [-0.2, 0) is 14.6 Å². The maximum Gasteiger partial charge on any atom is 0.324 e. The molecule has 0 saturated carbocycles. The van der Waals surface area contributed by atoms with Gasteiger partial charge in [0.05, 0.1) is 15.7 Å². The van der Waals surface area contributed by atoms with E-state index in [9.17, 15) is 22.8 Å². The lowest BCUT2D eigenvalue weighted by atomic mass is 10.2. The van der Waals surface area contributed by atoms with E-state index in [-0.39, 0.29) is 39.9 Å². The highest BCUT2D eigenvalue weighted by Gasteiger charge is 2.30. The number of aromatic nitrogens is 1. The van der Waals surface area contributed by atoms with Crippen LogP contribution in [-0.4, -0.2) is 49.5 Å². The van der Waals surface area contributed by atoms with Gasteiger partial charge in [-0.3, -0.25) is 14.4 Å². The molecule has 3 aromatic carbocycles. The van der Waals surface area contributed by atoms with Crippen LogP contribution in [0.25, 0.3) is 10.9 Å². The van der Waals surface area contributed by atoms with Crippen LogP contribution in [0.1, 0.15) is 51.7 Å². The third-order valence-corrected chi connectivity index (χ3v) is 9.27. The molecular formula is C31H32ClN3O6S2. The lowest BCUT2D eigenvalue weighted by Gasteiger charge is -2.13. The number of amides is 2. The van der Waals surface area contributed by atoms with E-state index in [4.69, 9.17) is 16.3 Å². The molecule has 0 spiro atoms. The maximum absolute atomic E-state index is 13.9. The van der Waals surface area contributed by atoms with E-state index < -0.39 is 32.9 Å². The third-order valence-electron chi connectivity index (χ3n) is 6.64. The van der Waals surface area contributed by atoms with Crippen molar-refractivity contribution in [2.24, 2.45) is 0 Å². The van der Waals surface area contributed by atoms with Crippen LogP contribution in [0.3, 0.4) is 0 Å². The first-order valence-electron chi connectivity index (χ1n) is 13.6. The molecule has 0 fully saturated rings. The van der Waals surface area contributed by atoms with Crippen molar-refractivity contribution < 1.29 is 27.5 Å². The number of H-pyrrole nitrogens is 1. The number of hydrogen-bond acceptors (Lipinski definition) is 7. The monoisotopic (exact) mass is 641 g/mol. The number of fused-ring (bicyclic) bond motifs is 1. The van der Waals surface area contributed by atoms with E-state index in [1.807, 2.05) is 6.07 Å². The molecule has 1 unspecified atom stereocenters. The fourth-order valence-electron chi connectivity index (χ4n) is 4.55. The quantitative estimate of drug-likeness (QED) is 0.0746. The second-order valence-corrected chi connectivity index (χ2v) is 13.0. The van der Waals surface area contributed by atoms with Crippen molar-refractivity contribution in [2.45, 2.75) is 48.7 Å². The van der Waals surface area contributed by atoms with E-state index in [0.717, 1.165) is 11.1 Å². The molecule has 1 heterocycles. The van der Waals surface area contributed by atoms with Crippen molar-refractivity contribution in [3.8, 4) is 5.75 Å².